The topological polar surface area (TPSA) is 72.5 Å². The molecule has 0 aliphatic rings. The lowest BCUT2D eigenvalue weighted by Gasteiger charge is -2.11. The number of anilines is 1. The number of carbonyl (C=O) groups excluding carboxylic acids is 1. The summed E-state index contributed by atoms with van der Waals surface area (Å²) in [6.45, 7) is 3.44. The molecule has 3 rings (SSSR count). The van der Waals surface area contributed by atoms with Crippen LogP contribution in [0, 0.1) is 25.5 Å². The molecule has 150 valence electrons. The summed E-state index contributed by atoms with van der Waals surface area (Å²) in [7, 11) is -4.04. The van der Waals surface area contributed by atoms with E-state index >= 15 is 0 Å². The average Bonchev–Trinajstić information content (AvgIpc) is 2.66. The quantitative estimate of drug-likeness (QED) is 0.616. The first-order valence-electron chi connectivity index (χ1n) is 8.54. The number of rotatable bonds is 5. The van der Waals surface area contributed by atoms with Crippen LogP contribution in [0.2, 0.25) is 0 Å². The third-order valence-corrected chi connectivity index (χ3v) is 5.51. The Morgan fingerprint density at radius 2 is 1.62 bits per heavy atom. The summed E-state index contributed by atoms with van der Waals surface area (Å²) in [6, 6.07) is 13.1. The molecule has 0 aliphatic heterocycles. The Balaban J connectivity index is 1.76. The highest BCUT2D eigenvalue weighted by atomic mass is 32.2. The number of halogens is 2. The molecule has 3 aromatic rings. The molecule has 0 unspecified atom stereocenters. The van der Waals surface area contributed by atoms with Gasteiger partial charge in [-0.2, -0.15) is 8.42 Å². The van der Waals surface area contributed by atoms with Crippen LogP contribution in [-0.4, -0.2) is 14.3 Å². The van der Waals surface area contributed by atoms with Crippen LogP contribution < -0.4 is 9.50 Å². The second kappa shape index (κ2) is 8.00. The van der Waals surface area contributed by atoms with Crippen molar-refractivity contribution < 1.29 is 26.2 Å². The molecule has 0 aromatic heterocycles. The number of hydrogen-bond acceptors (Lipinski definition) is 4. The number of nitrogens with one attached hydrogen (secondary N) is 1. The molecule has 1 N–H and O–H groups in total. The molecule has 3 aromatic carbocycles. The van der Waals surface area contributed by atoms with Gasteiger partial charge in [-0.05, 0) is 67.4 Å². The van der Waals surface area contributed by atoms with Gasteiger partial charge in [0, 0.05) is 11.6 Å². The van der Waals surface area contributed by atoms with Crippen LogP contribution in [0.4, 0.5) is 14.5 Å². The minimum atomic E-state index is -4.04. The SMILES string of the molecule is Cc1ccc(C)c(S(=O)(=O)Oc2ccc(C(=O)Nc3ccc(F)cc3F)cc2)c1. The van der Waals surface area contributed by atoms with Gasteiger partial charge in [0.1, 0.15) is 22.3 Å². The number of hydrogen-bond donors (Lipinski definition) is 1. The van der Waals surface area contributed by atoms with Gasteiger partial charge in [0.15, 0.2) is 0 Å². The summed E-state index contributed by atoms with van der Waals surface area (Å²) in [6.07, 6.45) is 0. The molecule has 5 nitrogen and oxygen atoms in total. The van der Waals surface area contributed by atoms with Crippen LogP contribution >= 0.6 is 0 Å². The van der Waals surface area contributed by atoms with E-state index < -0.39 is 27.7 Å². The van der Waals surface area contributed by atoms with Crippen molar-refractivity contribution in [2.45, 2.75) is 18.7 Å². The predicted octanol–water partition coefficient (Wildman–Crippen LogP) is 4.60. The first kappa shape index (κ1) is 20.5. The number of carbonyl (C=O) groups is 1. The number of aryl methyl sites for hydroxylation is 2. The van der Waals surface area contributed by atoms with Gasteiger partial charge >= 0.3 is 10.1 Å². The lowest BCUT2D eigenvalue weighted by molar-refractivity contribution is 0.102. The Morgan fingerprint density at radius 3 is 2.28 bits per heavy atom. The van der Waals surface area contributed by atoms with Gasteiger partial charge < -0.3 is 9.50 Å². The van der Waals surface area contributed by atoms with E-state index in [4.69, 9.17) is 4.18 Å². The summed E-state index contributed by atoms with van der Waals surface area (Å²) in [5.41, 5.74) is 1.30. The maximum Gasteiger partial charge on any atom is 0.339 e. The van der Waals surface area contributed by atoms with E-state index in [-0.39, 0.29) is 21.9 Å². The van der Waals surface area contributed by atoms with Crippen molar-refractivity contribution in [3.8, 4) is 5.75 Å². The van der Waals surface area contributed by atoms with Crippen LogP contribution in [0.3, 0.4) is 0 Å². The lowest BCUT2D eigenvalue weighted by Crippen LogP contribution is -2.14. The van der Waals surface area contributed by atoms with Crippen LogP contribution in [0.25, 0.3) is 0 Å². The molecule has 29 heavy (non-hydrogen) atoms. The fourth-order valence-corrected chi connectivity index (χ4v) is 3.84. The molecule has 0 fully saturated rings. The third kappa shape index (κ3) is 4.78. The second-order valence-electron chi connectivity index (χ2n) is 6.41. The van der Waals surface area contributed by atoms with Crippen LogP contribution in [-0.2, 0) is 10.1 Å². The van der Waals surface area contributed by atoms with Crippen molar-refractivity contribution >= 4 is 21.7 Å². The molecule has 0 bridgehead atoms. The highest BCUT2D eigenvalue weighted by Crippen LogP contribution is 2.23. The van der Waals surface area contributed by atoms with Gasteiger partial charge in [-0.15, -0.1) is 0 Å². The molecule has 0 heterocycles. The fraction of sp³-hybridized carbons (Fsp3) is 0.0952. The summed E-state index contributed by atoms with van der Waals surface area (Å²) in [5, 5.41) is 2.32. The van der Waals surface area contributed by atoms with Crippen LogP contribution in [0.15, 0.2) is 65.6 Å². The Hall–Kier alpha value is -3.26. The molecule has 0 aliphatic carbocycles. The van der Waals surface area contributed by atoms with Gasteiger partial charge in [-0.25, -0.2) is 8.78 Å². The monoisotopic (exact) mass is 417 g/mol. The van der Waals surface area contributed by atoms with Crippen molar-refractivity contribution in [1.29, 1.82) is 0 Å². The minimum Gasteiger partial charge on any atom is -0.379 e. The first-order chi connectivity index (χ1) is 13.7. The third-order valence-electron chi connectivity index (χ3n) is 4.11. The highest BCUT2D eigenvalue weighted by Gasteiger charge is 2.20. The largest absolute Gasteiger partial charge is 0.379 e. The highest BCUT2D eigenvalue weighted by molar-refractivity contribution is 7.87. The normalized spacial score (nSPS) is 11.2. The Morgan fingerprint density at radius 1 is 0.931 bits per heavy atom. The van der Waals surface area contributed by atoms with Gasteiger partial charge in [0.05, 0.1) is 5.69 Å². The minimum absolute atomic E-state index is 0.0235. The van der Waals surface area contributed by atoms with E-state index in [1.54, 1.807) is 26.0 Å². The van der Waals surface area contributed by atoms with E-state index in [1.807, 2.05) is 0 Å². The molecular formula is C21H17F2NO4S. The molecule has 1 amide bonds. The molecular weight excluding hydrogens is 400 g/mol. The van der Waals surface area contributed by atoms with Crippen molar-refractivity contribution in [3.63, 3.8) is 0 Å². The molecule has 0 spiro atoms. The zero-order valence-corrected chi connectivity index (χ0v) is 16.4. The number of amides is 1. The molecule has 8 heteroatoms. The molecule has 0 radical (unpaired) electrons. The van der Waals surface area contributed by atoms with E-state index in [0.717, 1.165) is 17.7 Å². The Bertz CT molecular complexity index is 1180. The van der Waals surface area contributed by atoms with Crippen molar-refractivity contribution in [3.05, 3.63) is 89.0 Å². The fourth-order valence-electron chi connectivity index (χ4n) is 2.60. The smallest absolute Gasteiger partial charge is 0.339 e. The van der Waals surface area contributed by atoms with E-state index in [1.165, 1.54) is 30.3 Å². The van der Waals surface area contributed by atoms with Gasteiger partial charge in [0.25, 0.3) is 5.91 Å². The maximum atomic E-state index is 13.7. The summed E-state index contributed by atoms with van der Waals surface area (Å²) in [5.74, 6) is -2.28. The van der Waals surface area contributed by atoms with E-state index in [0.29, 0.717) is 11.6 Å². The van der Waals surface area contributed by atoms with Crippen molar-refractivity contribution in [1.82, 2.24) is 0 Å². The van der Waals surface area contributed by atoms with Gasteiger partial charge in [-0.3, -0.25) is 4.79 Å². The zero-order chi connectivity index (χ0) is 21.2. The number of benzene rings is 3. The maximum absolute atomic E-state index is 13.7. The molecule has 0 saturated heterocycles. The van der Waals surface area contributed by atoms with E-state index in [2.05, 4.69) is 5.32 Å². The molecule has 0 saturated carbocycles. The zero-order valence-electron chi connectivity index (χ0n) is 15.6. The van der Waals surface area contributed by atoms with E-state index in [9.17, 15) is 22.0 Å². The van der Waals surface area contributed by atoms with Crippen molar-refractivity contribution in [2.75, 3.05) is 5.32 Å². The Labute approximate surface area is 167 Å². The Kier molecular flexibility index (Phi) is 5.65. The standard InChI is InChI=1S/C21H17F2NO4S/c1-13-3-4-14(2)20(11-13)29(26,27)28-17-8-5-15(6-9-17)21(25)24-19-10-7-16(22)12-18(19)23/h3-12H,1-2H3,(H,24,25). The summed E-state index contributed by atoms with van der Waals surface area (Å²) >= 11 is 0. The second-order valence-corrected chi connectivity index (χ2v) is 7.92. The lowest BCUT2D eigenvalue weighted by atomic mass is 10.2. The van der Waals surface area contributed by atoms with Gasteiger partial charge in [-0.1, -0.05) is 12.1 Å². The van der Waals surface area contributed by atoms with Gasteiger partial charge in [0.2, 0.25) is 0 Å². The van der Waals surface area contributed by atoms with Crippen molar-refractivity contribution in [2.24, 2.45) is 0 Å². The summed E-state index contributed by atoms with van der Waals surface area (Å²) < 4.78 is 56.8. The van der Waals surface area contributed by atoms with Crippen LogP contribution in [0.5, 0.6) is 5.75 Å². The molecule has 0 atom stereocenters. The van der Waals surface area contributed by atoms with Crippen LogP contribution in [0.1, 0.15) is 21.5 Å². The average molecular weight is 417 g/mol. The predicted molar refractivity (Wildman–Crippen MR) is 104 cm³/mol. The first-order valence-corrected chi connectivity index (χ1v) is 9.95. The summed E-state index contributed by atoms with van der Waals surface area (Å²) in [4.78, 5) is 12.3.